The molecular formula is C24H22ClN3OS. The van der Waals surface area contributed by atoms with Gasteiger partial charge in [-0.25, -0.2) is 4.98 Å². The lowest BCUT2D eigenvalue weighted by molar-refractivity contribution is -0.118. The minimum Gasteiger partial charge on any atom is -0.283 e. The molecule has 4 aromatic rings. The Labute approximate surface area is 185 Å². The fraction of sp³-hybridized carbons (Fsp3) is 0.208. The van der Waals surface area contributed by atoms with Crippen LogP contribution in [0.2, 0.25) is 5.02 Å². The molecule has 0 N–H and O–H groups in total. The number of carbonyl (C=O) groups is 1. The lowest BCUT2D eigenvalue weighted by Gasteiger charge is -2.20. The van der Waals surface area contributed by atoms with Crippen LogP contribution in [0.3, 0.4) is 0 Å². The second kappa shape index (κ2) is 8.54. The number of rotatable bonds is 5. The first-order valence-electron chi connectivity index (χ1n) is 9.73. The molecule has 0 spiro atoms. The number of nitrogens with zero attached hydrogens (tertiary/aromatic N) is 3. The number of fused-ring (bicyclic) bond motifs is 1. The molecule has 0 unspecified atom stereocenters. The minimum atomic E-state index is 0.00611. The number of hydrogen-bond acceptors (Lipinski definition) is 4. The van der Waals surface area contributed by atoms with Gasteiger partial charge < -0.3 is 0 Å². The highest BCUT2D eigenvalue weighted by Gasteiger charge is 2.22. The molecule has 2 aromatic carbocycles. The van der Waals surface area contributed by atoms with E-state index in [-0.39, 0.29) is 5.91 Å². The van der Waals surface area contributed by atoms with E-state index in [1.807, 2.05) is 50.2 Å². The number of aryl methyl sites for hydroxylation is 3. The summed E-state index contributed by atoms with van der Waals surface area (Å²) in [5.74, 6) is 0.00611. The Morgan fingerprint density at radius 1 is 1.03 bits per heavy atom. The summed E-state index contributed by atoms with van der Waals surface area (Å²) in [6, 6.07) is 13.9. The molecule has 4 rings (SSSR count). The fourth-order valence-electron chi connectivity index (χ4n) is 3.44. The number of pyridine rings is 1. The summed E-state index contributed by atoms with van der Waals surface area (Å²) >= 11 is 7.87. The molecule has 0 atom stereocenters. The van der Waals surface area contributed by atoms with Crippen LogP contribution in [0.1, 0.15) is 27.8 Å². The Hall–Kier alpha value is -2.76. The summed E-state index contributed by atoms with van der Waals surface area (Å²) in [7, 11) is 0. The smallest absolute Gasteiger partial charge is 0.233 e. The molecule has 2 aromatic heterocycles. The van der Waals surface area contributed by atoms with E-state index in [0.717, 1.165) is 32.5 Å². The zero-order valence-corrected chi connectivity index (χ0v) is 18.7. The number of anilines is 1. The van der Waals surface area contributed by atoms with E-state index < -0.39 is 0 Å². The van der Waals surface area contributed by atoms with Gasteiger partial charge in [-0.3, -0.25) is 14.7 Å². The summed E-state index contributed by atoms with van der Waals surface area (Å²) < 4.78 is 0.908. The Bertz CT molecular complexity index is 1180. The van der Waals surface area contributed by atoms with Gasteiger partial charge in [0.1, 0.15) is 0 Å². The number of halogens is 1. The molecule has 1 amide bonds. The summed E-state index contributed by atoms with van der Waals surface area (Å²) in [6.45, 7) is 6.54. The van der Waals surface area contributed by atoms with E-state index >= 15 is 0 Å². The van der Waals surface area contributed by atoms with E-state index in [1.165, 1.54) is 16.9 Å². The summed E-state index contributed by atoms with van der Waals surface area (Å²) in [4.78, 5) is 24.1. The Balaban J connectivity index is 1.73. The van der Waals surface area contributed by atoms with Crippen LogP contribution in [0.4, 0.5) is 5.13 Å². The van der Waals surface area contributed by atoms with Gasteiger partial charge >= 0.3 is 0 Å². The van der Waals surface area contributed by atoms with Crippen molar-refractivity contribution in [1.82, 2.24) is 9.97 Å². The SMILES string of the molecule is Cc1ccc(CC(=O)N(Cc2ccncc2)c2nc3c(C)ccc(Cl)c3s2)c(C)c1. The number of amides is 1. The maximum absolute atomic E-state index is 13.4. The van der Waals surface area contributed by atoms with E-state index in [0.29, 0.717) is 23.1 Å². The molecule has 6 heteroatoms. The largest absolute Gasteiger partial charge is 0.283 e. The molecule has 0 bridgehead atoms. The van der Waals surface area contributed by atoms with Gasteiger partial charge in [0.15, 0.2) is 5.13 Å². The van der Waals surface area contributed by atoms with Crippen molar-refractivity contribution in [2.24, 2.45) is 0 Å². The second-order valence-electron chi connectivity index (χ2n) is 7.48. The highest BCUT2D eigenvalue weighted by atomic mass is 35.5. The molecule has 30 heavy (non-hydrogen) atoms. The van der Waals surface area contributed by atoms with Crippen LogP contribution in [0.25, 0.3) is 10.2 Å². The predicted molar refractivity (Wildman–Crippen MR) is 124 cm³/mol. The summed E-state index contributed by atoms with van der Waals surface area (Å²) in [5.41, 5.74) is 6.23. The van der Waals surface area contributed by atoms with Crippen LogP contribution in [0, 0.1) is 20.8 Å². The first kappa shape index (κ1) is 20.5. The van der Waals surface area contributed by atoms with E-state index in [1.54, 1.807) is 17.3 Å². The number of thiazole rings is 1. The topological polar surface area (TPSA) is 46.1 Å². The van der Waals surface area contributed by atoms with Gasteiger partial charge in [0.25, 0.3) is 0 Å². The highest BCUT2D eigenvalue weighted by Crippen LogP contribution is 2.36. The van der Waals surface area contributed by atoms with Gasteiger partial charge in [0.05, 0.1) is 28.2 Å². The monoisotopic (exact) mass is 435 g/mol. The number of aromatic nitrogens is 2. The van der Waals surface area contributed by atoms with Crippen molar-refractivity contribution >= 4 is 44.2 Å². The van der Waals surface area contributed by atoms with Crippen molar-refractivity contribution in [1.29, 1.82) is 0 Å². The van der Waals surface area contributed by atoms with Gasteiger partial charge in [-0.05, 0) is 61.2 Å². The van der Waals surface area contributed by atoms with E-state index in [9.17, 15) is 4.79 Å². The van der Waals surface area contributed by atoms with Gasteiger partial charge in [-0.2, -0.15) is 0 Å². The van der Waals surface area contributed by atoms with Crippen LogP contribution in [-0.2, 0) is 17.8 Å². The first-order valence-corrected chi connectivity index (χ1v) is 10.9. The summed E-state index contributed by atoms with van der Waals surface area (Å²) in [5, 5.41) is 1.32. The molecule has 0 saturated carbocycles. The molecule has 0 aliphatic rings. The van der Waals surface area contributed by atoms with Gasteiger partial charge in [-0.1, -0.05) is 52.8 Å². The highest BCUT2D eigenvalue weighted by molar-refractivity contribution is 7.23. The standard InChI is InChI=1S/C24H22ClN3OS/c1-15-4-6-19(17(3)12-15)13-21(29)28(14-18-8-10-26-11-9-18)24-27-22-16(2)5-7-20(25)23(22)30-24/h4-12H,13-14H2,1-3H3. The van der Waals surface area contributed by atoms with Crippen molar-refractivity contribution in [2.45, 2.75) is 33.7 Å². The molecule has 0 fully saturated rings. The van der Waals surface area contributed by atoms with Crippen LogP contribution < -0.4 is 4.90 Å². The lowest BCUT2D eigenvalue weighted by Crippen LogP contribution is -2.32. The second-order valence-corrected chi connectivity index (χ2v) is 8.87. The molecule has 0 saturated heterocycles. The fourth-order valence-corrected chi connectivity index (χ4v) is 4.78. The van der Waals surface area contributed by atoms with Crippen LogP contribution >= 0.6 is 22.9 Å². The third kappa shape index (κ3) is 4.23. The molecule has 2 heterocycles. The van der Waals surface area contributed by atoms with E-state index in [2.05, 4.69) is 18.0 Å². The van der Waals surface area contributed by atoms with Crippen molar-refractivity contribution in [2.75, 3.05) is 4.90 Å². The molecular weight excluding hydrogens is 414 g/mol. The maximum atomic E-state index is 13.4. The normalized spacial score (nSPS) is 11.1. The predicted octanol–water partition coefficient (Wildman–Crippen LogP) is 6.05. The van der Waals surface area contributed by atoms with Crippen molar-refractivity contribution in [3.05, 3.63) is 87.7 Å². The maximum Gasteiger partial charge on any atom is 0.233 e. The molecule has 152 valence electrons. The minimum absolute atomic E-state index is 0.00611. The Morgan fingerprint density at radius 3 is 2.50 bits per heavy atom. The quantitative estimate of drug-likeness (QED) is 0.383. The first-order chi connectivity index (χ1) is 14.4. The Morgan fingerprint density at radius 2 is 1.80 bits per heavy atom. The molecule has 0 aliphatic heterocycles. The average molecular weight is 436 g/mol. The van der Waals surface area contributed by atoms with Gasteiger partial charge in [-0.15, -0.1) is 0 Å². The Kier molecular flexibility index (Phi) is 5.84. The van der Waals surface area contributed by atoms with Gasteiger partial charge in [0, 0.05) is 12.4 Å². The average Bonchev–Trinajstić information content (AvgIpc) is 3.18. The molecule has 0 aliphatic carbocycles. The van der Waals surface area contributed by atoms with Crippen LogP contribution in [0.15, 0.2) is 54.9 Å². The molecule has 0 radical (unpaired) electrons. The third-order valence-electron chi connectivity index (χ3n) is 5.15. The van der Waals surface area contributed by atoms with Gasteiger partial charge in [0.2, 0.25) is 5.91 Å². The summed E-state index contributed by atoms with van der Waals surface area (Å²) in [6.07, 6.45) is 3.79. The van der Waals surface area contributed by atoms with E-state index in [4.69, 9.17) is 16.6 Å². The molecule has 4 nitrogen and oxygen atoms in total. The zero-order chi connectivity index (χ0) is 21.3. The van der Waals surface area contributed by atoms with Crippen LogP contribution in [0.5, 0.6) is 0 Å². The van der Waals surface area contributed by atoms with Crippen molar-refractivity contribution in [3.63, 3.8) is 0 Å². The lowest BCUT2D eigenvalue weighted by atomic mass is 10.0. The number of benzene rings is 2. The third-order valence-corrected chi connectivity index (χ3v) is 6.69. The number of carbonyl (C=O) groups excluding carboxylic acids is 1. The zero-order valence-electron chi connectivity index (χ0n) is 17.1. The number of hydrogen-bond donors (Lipinski definition) is 0. The van der Waals surface area contributed by atoms with Crippen molar-refractivity contribution in [3.8, 4) is 0 Å². The van der Waals surface area contributed by atoms with Crippen LogP contribution in [-0.4, -0.2) is 15.9 Å². The van der Waals surface area contributed by atoms with Crippen molar-refractivity contribution < 1.29 is 4.79 Å².